The van der Waals surface area contributed by atoms with Gasteiger partial charge in [-0.3, -0.25) is 4.68 Å². The fraction of sp³-hybridized carbons (Fsp3) is 0.375. The van der Waals surface area contributed by atoms with E-state index in [0.717, 1.165) is 12.1 Å². The number of nitrogens with one attached hydrogen (secondary N) is 1. The van der Waals surface area contributed by atoms with E-state index in [1.54, 1.807) is 0 Å². The van der Waals surface area contributed by atoms with Gasteiger partial charge in [-0.1, -0.05) is 12.1 Å². The molecule has 20 heavy (non-hydrogen) atoms. The topological polar surface area (TPSA) is 53.6 Å². The fourth-order valence-corrected chi connectivity index (χ4v) is 2.09. The van der Waals surface area contributed by atoms with E-state index in [-0.39, 0.29) is 6.04 Å². The van der Waals surface area contributed by atoms with Gasteiger partial charge in [-0.25, -0.2) is 0 Å². The van der Waals surface area contributed by atoms with Crippen molar-refractivity contribution in [3.8, 4) is 6.07 Å². The average Bonchev–Trinajstić information content (AvgIpc) is 2.90. The van der Waals surface area contributed by atoms with Crippen LogP contribution in [0.5, 0.6) is 0 Å². The third-order valence-corrected chi connectivity index (χ3v) is 3.56. The van der Waals surface area contributed by atoms with Gasteiger partial charge in [0, 0.05) is 18.8 Å². The summed E-state index contributed by atoms with van der Waals surface area (Å²) in [4.78, 5) is 0. The fourth-order valence-electron chi connectivity index (χ4n) is 2.09. The van der Waals surface area contributed by atoms with Crippen molar-refractivity contribution < 1.29 is 0 Å². The Kier molecular flexibility index (Phi) is 4.54. The third-order valence-electron chi connectivity index (χ3n) is 3.56. The summed E-state index contributed by atoms with van der Waals surface area (Å²) in [5, 5.41) is 16.7. The van der Waals surface area contributed by atoms with Gasteiger partial charge in [0.25, 0.3) is 0 Å². The lowest BCUT2D eigenvalue weighted by Crippen LogP contribution is -2.33. The van der Waals surface area contributed by atoms with Crippen molar-refractivity contribution in [2.24, 2.45) is 0 Å². The van der Waals surface area contributed by atoms with E-state index in [1.165, 1.54) is 5.56 Å². The lowest BCUT2D eigenvalue weighted by Gasteiger charge is -2.22. The molecule has 0 saturated carbocycles. The SMILES string of the molecule is Cc1cnn([C@@H](C)[C@@H](C)NCc2cccc(C#N)c2)c1. The molecule has 2 atom stereocenters. The van der Waals surface area contributed by atoms with Gasteiger partial charge in [-0.15, -0.1) is 0 Å². The van der Waals surface area contributed by atoms with Gasteiger partial charge in [-0.2, -0.15) is 10.4 Å². The van der Waals surface area contributed by atoms with Crippen molar-refractivity contribution in [1.29, 1.82) is 5.26 Å². The Hall–Kier alpha value is -2.12. The number of hydrogen-bond acceptors (Lipinski definition) is 3. The summed E-state index contributed by atoms with van der Waals surface area (Å²) < 4.78 is 1.98. The van der Waals surface area contributed by atoms with Gasteiger partial charge < -0.3 is 5.32 Å². The van der Waals surface area contributed by atoms with Crippen molar-refractivity contribution in [3.05, 3.63) is 53.3 Å². The minimum atomic E-state index is 0.280. The first-order chi connectivity index (χ1) is 9.60. The zero-order valence-corrected chi connectivity index (χ0v) is 12.2. The molecule has 4 nitrogen and oxygen atoms in total. The van der Waals surface area contributed by atoms with E-state index in [4.69, 9.17) is 5.26 Å². The number of rotatable bonds is 5. The normalized spacial score (nSPS) is 13.7. The molecule has 1 aromatic carbocycles. The van der Waals surface area contributed by atoms with Gasteiger partial charge in [0.05, 0.1) is 23.9 Å². The summed E-state index contributed by atoms with van der Waals surface area (Å²) in [6.07, 6.45) is 3.93. The lowest BCUT2D eigenvalue weighted by molar-refractivity contribution is 0.365. The summed E-state index contributed by atoms with van der Waals surface area (Å²) >= 11 is 0. The number of nitriles is 1. The van der Waals surface area contributed by atoms with Gasteiger partial charge in [0.2, 0.25) is 0 Å². The number of hydrogen-bond donors (Lipinski definition) is 1. The van der Waals surface area contributed by atoms with Crippen LogP contribution in [0.15, 0.2) is 36.7 Å². The van der Waals surface area contributed by atoms with Crippen molar-refractivity contribution in [1.82, 2.24) is 15.1 Å². The Balaban J connectivity index is 1.94. The maximum Gasteiger partial charge on any atom is 0.0991 e. The largest absolute Gasteiger partial charge is 0.308 e. The highest BCUT2D eigenvalue weighted by Gasteiger charge is 2.14. The maximum absolute atomic E-state index is 8.90. The second kappa shape index (κ2) is 6.36. The molecule has 0 amide bonds. The third kappa shape index (κ3) is 3.46. The van der Waals surface area contributed by atoms with Crippen molar-refractivity contribution >= 4 is 0 Å². The highest BCUT2D eigenvalue weighted by atomic mass is 15.3. The molecule has 0 saturated heterocycles. The molecule has 4 heteroatoms. The van der Waals surface area contributed by atoms with E-state index >= 15 is 0 Å². The second-order valence-corrected chi connectivity index (χ2v) is 5.22. The van der Waals surface area contributed by atoms with Crippen LogP contribution in [-0.2, 0) is 6.54 Å². The molecular weight excluding hydrogens is 248 g/mol. The van der Waals surface area contributed by atoms with Gasteiger partial charge in [0.1, 0.15) is 0 Å². The van der Waals surface area contributed by atoms with E-state index in [2.05, 4.69) is 36.5 Å². The van der Waals surface area contributed by atoms with Crippen LogP contribution in [0.1, 0.15) is 36.6 Å². The summed E-state index contributed by atoms with van der Waals surface area (Å²) in [6, 6.07) is 10.4. The molecule has 0 aliphatic carbocycles. The van der Waals surface area contributed by atoms with Crippen molar-refractivity contribution in [2.75, 3.05) is 0 Å². The number of benzene rings is 1. The first kappa shape index (κ1) is 14.3. The summed E-state index contributed by atoms with van der Waals surface area (Å²) in [5.41, 5.74) is 3.00. The molecule has 104 valence electrons. The quantitative estimate of drug-likeness (QED) is 0.907. The molecule has 0 aliphatic heterocycles. The number of aryl methyl sites for hydroxylation is 1. The Morgan fingerprint density at radius 1 is 1.40 bits per heavy atom. The standard InChI is InChI=1S/C16H20N4/c1-12-9-19-20(11-12)14(3)13(2)18-10-16-6-4-5-15(7-16)8-17/h4-7,9,11,13-14,18H,10H2,1-3H3/t13-,14+/m1/s1. The molecule has 0 fully saturated rings. The van der Waals surface area contributed by atoms with Gasteiger partial charge in [-0.05, 0) is 44.0 Å². The molecular formula is C16H20N4. The maximum atomic E-state index is 8.90. The summed E-state index contributed by atoms with van der Waals surface area (Å²) in [6.45, 7) is 7.09. The zero-order valence-electron chi connectivity index (χ0n) is 12.2. The van der Waals surface area contributed by atoms with Crippen LogP contribution in [-0.4, -0.2) is 15.8 Å². The molecule has 0 spiro atoms. The molecule has 0 bridgehead atoms. The Labute approximate surface area is 120 Å². The highest BCUT2D eigenvalue weighted by Crippen LogP contribution is 2.12. The summed E-state index contributed by atoms with van der Waals surface area (Å²) in [7, 11) is 0. The smallest absolute Gasteiger partial charge is 0.0991 e. The second-order valence-electron chi connectivity index (χ2n) is 5.22. The minimum absolute atomic E-state index is 0.280. The van der Waals surface area contributed by atoms with Gasteiger partial charge in [0.15, 0.2) is 0 Å². The Morgan fingerprint density at radius 2 is 2.20 bits per heavy atom. The first-order valence-electron chi connectivity index (χ1n) is 6.83. The molecule has 1 aromatic heterocycles. The van der Waals surface area contributed by atoms with E-state index in [0.29, 0.717) is 11.6 Å². The van der Waals surface area contributed by atoms with Crippen LogP contribution in [0.4, 0.5) is 0 Å². The summed E-state index contributed by atoms with van der Waals surface area (Å²) in [5.74, 6) is 0. The molecule has 0 aliphatic rings. The number of nitrogens with zero attached hydrogens (tertiary/aromatic N) is 3. The average molecular weight is 268 g/mol. The molecule has 2 rings (SSSR count). The van der Waals surface area contributed by atoms with Crippen molar-refractivity contribution in [2.45, 2.75) is 39.4 Å². The zero-order chi connectivity index (χ0) is 14.5. The first-order valence-corrected chi connectivity index (χ1v) is 6.83. The van der Waals surface area contributed by atoms with Crippen LogP contribution in [0, 0.1) is 18.3 Å². The number of aromatic nitrogens is 2. The Morgan fingerprint density at radius 3 is 2.85 bits per heavy atom. The van der Waals surface area contributed by atoms with Crippen molar-refractivity contribution in [3.63, 3.8) is 0 Å². The Bertz CT molecular complexity index is 609. The van der Waals surface area contributed by atoms with Gasteiger partial charge >= 0.3 is 0 Å². The minimum Gasteiger partial charge on any atom is -0.308 e. The molecule has 1 heterocycles. The lowest BCUT2D eigenvalue weighted by atomic mass is 10.1. The monoisotopic (exact) mass is 268 g/mol. The molecule has 1 N–H and O–H groups in total. The predicted molar refractivity (Wildman–Crippen MR) is 79.1 cm³/mol. The van der Waals surface area contributed by atoms with Crippen LogP contribution in [0.3, 0.4) is 0 Å². The molecule has 0 unspecified atom stereocenters. The van der Waals surface area contributed by atoms with Crippen LogP contribution < -0.4 is 5.32 Å². The van der Waals surface area contributed by atoms with Crippen LogP contribution in [0.25, 0.3) is 0 Å². The van der Waals surface area contributed by atoms with E-state index < -0.39 is 0 Å². The highest BCUT2D eigenvalue weighted by molar-refractivity contribution is 5.32. The van der Waals surface area contributed by atoms with Crippen LogP contribution >= 0.6 is 0 Å². The van der Waals surface area contributed by atoms with E-state index in [1.807, 2.05) is 42.1 Å². The van der Waals surface area contributed by atoms with E-state index in [9.17, 15) is 0 Å². The predicted octanol–water partition coefficient (Wildman–Crippen LogP) is 2.80. The van der Waals surface area contributed by atoms with Crippen LogP contribution in [0.2, 0.25) is 0 Å². The molecule has 2 aromatic rings. The molecule has 0 radical (unpaired) electrons.